The fourth-order valence-corrected chi connectivity index (χ4v) is 2.09. The molecule has 0 saturated heterocycles. The van der Waals surface area contributed by atoms with Crippen molar-refractivity contribution >= 4 is 22.4 Å². The molecule has 6 heteroatoms. The highest BCUT2D eigenvalue weighted by molar-refractivity contribution is 7.14. The quantitative estimate of drug-likeness (QED) is 0.574. The first-order valence-corrected chi connectivity index (χ1v) is 5.78. The van der Waals surface area contributed by atoms with Crippen LogP contribution < -0.4 is 15.8 Å². The minimum Gasteiger partial charge on any atom is -0.497 e. The lowest BCUT2D eigenvalue weighted by molar-refractivity contribution is 0.415. The van der Waals surface area contributed by atoms with Gasteiger partial charge in [-0.2, -0.15) is 0 Å². The van der Waals surface area contributed by atoms with Crippen LogP contribution in [-0.2, 0) is 0 Å². The van der Waals surface area contributed by atoms with Gasteiger partial charge in [0.15, 0.2) is 11.1 Å². The van der Waals surface area contributed by atoms with E-state index < -0.39 is 0 Å². The third-order valence-electron chi connectivity index (χ3n) is 2.11. The van der Waals surface area contributed by atoms with Crippen molar-refractivity contribution in [3.05, 3.63) is 29.6 Å². The second-order valence-corrected chi connectivity index (χ2v) is 4.17. The van der Waals surface area contributed by atoms with E-state index in [0.29, 0.717) is 5.13 Å². The number of rotatable bonds is 3. The molecule has 0 radical (unpaired) electrons. The number of guanidine groups is 1. The lowest BCUT2D eigenvalue weighted by Crippen LogP contribution is -2.20. The maximum absolute atomic E-state index is 7.12. The number of nitrogens with two attached hydrogens (primary N) is 1. The maximum Gasteiger partial charge on any atom is 0.192 e. The van der Waals surface area contributed by atoms with Gasteiger partial charge in [-0.3, -0.25) is 5.41 Å². The number of benzene rings is 1. The van der Waals surface area contributed by atoms with Gasteiger partial charge in [-0.05, 0) is 12.1 Å². The van der Waals surface area contributed by atoms with Crippen LogP contribution in [0.5, 0.6) is 5.75 Å². The van der Waals surface area contributed by atoms with Gasteiger partial charge >= 0.3 is 0 Å². The maximum atomic E-state index is 7.12. The molecular weight excluding hydrogens is 236 g/mol. The van der Waals surface area contributed by atoms with Gasteiger partial charge in [0.1, 0.15) is 5.75 Å². The molecular formula is C11H12N4OS. The van der Waals surface area contributed by atoms with Crippen molar-refractivity contribution < 1.29 is 4.74 Å². The van der Waals surface area contributed by atoms with Gasteiger partial charge in [0.2, 0.25) is 0 Å². The molecule has 1 aromatic carbocycles. The topological polar surface area (TPSA) is 84.0 Å². The molecule has 1 heterocycles. The summed E-state index contributed by atoms with van der Waals surface area (Å²) in [4.78, 5) is 4.33. The SMILES string of the molecule is COc1cccc(-c2csc(NC(=N)N)n2)c1. The molecule has 0 fully saturated rings. The highest BCUT2D eigenvalue weighted by Gasteiger charge is 2.05. The Bertz CT molecular complexity index is 538. The minimum atomic E-state index is -0.114. The lowest BCUT2D eigenvalue weighted by Gasteiger charge is -2.01. The first-order chi connectivity index (χ1) is 8.19. The van der Waals surface area contributed by atoms with E-state index in [1.807, 2.05) is 29.6 Å². The van der Waals surface area contributed by atoms with E-state index >= 15 is 0 Å². The van der Waals surface area contributed by atoms with E-state index in [-0.39, 0.29) is 5.96 Å². The summed E-state index contributed by atoms with van der Waals surface area (Å²) in [6, 6.07) is 7.65. The van der Waals surface area contributed by atoms with Crippen LogP contribution in [0.4, 0.5) is 5.13 Å². The monoisotopic (exact) mass is 248 g/mol. The van der Waals surface area contributed by atoms with Crippen LogP contribution in [0.1, 0.15) is 0 Å². The molecule has 17 heavy (non-hydrogen) atoms. The summed E-state index contributed by atoms with van der Waals surface area (Å²) in [5, 5.41) is 12.3. The second kappa shape index (κ2) is 4.84. The van der Waals surface area contributed by atoms with Crippen LogP contribution in [0.3, 0.4) is 0 Å². The highest BCUT2D eigenvalue weighted by Crippen LogP contribution is 2.27. The molecule has 0 bridgehead atoms. The van der Waals surface area contributed by atoms with Gasteiger partial charge < -0.3 is 15.8 Å². The van der Waals surface area contributed by atoms with Gasteiger partial charge in [-0.25, -0.2) is 4.98 Å². The number of anilines is 1. The van der Waals surface area contributed by atoms with E-state index in [0.717, 1.165) is 17.0 Å². The van der Waals surface area contributed by atoms with E-state index in [2.05, 4.69) is 10.3 Å². The van der Waals surface area contributed by atoms with Gasteiger partial charge in [0.25, 0.3) is 0 Å². The Hall–Kier alpha value is -2.08. The number of hydrogen-bond donors (Lipinski definition) is 3. The van der Waals surface area contributed by atoms with Crippen LogP contribution >= 0.6 is 11.3 Å². The Morgan fingerprint density at radius 1 is 1.53 bits per heavy atom. The molecule has 1 aromatic heterocycles. The van der Waals surface area contributed by atoms with Crippen LogP contribution in [0.2, 0.25) is 0 Å². The molecule has 0 unspecified atom stereocenters. The van der Waals surface area contributed by atoms with Crippen LogP contribution in [0.15, 0.2) is 29.6 Å². The van der Waals surface area contributed by atoms with Crippen LogP contribution in [0.25, 0.3) is 11.3 Å². The van der Waals surface area contributed by atoms with E-state index in [1.165, 1.54) is 11.3 Å². The van der Waals surface area contributed by atoms with Crippen LogP contribution in [-0.4, -0.2) is 18.1 Å². The number of methoxy groups -OCH3 is 1. The molecule has 2 aromatic rings. The number of thiazole rings is 1. The molecule has 0 aliphatic heterocycles. The summed E-state index contributed by atoms with van der Waals surface area (Å²) >= 11 is 1.40. The third-order valence-corrected chi connectivity index (χ3v) is 2.87. The molecule has 0 spiro atoms. The fraction of sp³-hybridized carbons (Fsp3) is 0.0909. The summed E-state index contributed by atoms with van der Waals surface area (Å²) in [7, 11) is 1.63. The number of ether oxygens (including phenoxy) is 1. The smallest absolute Gasteiger partial charge is 0.192 e. The Kier molecular flexibility index (Phi) is 3.24. The number of hydrogen-bond acceptors (Lipinski definition) is 4. The van der Waals surface area contributed by atoms with Crippen molar-refractivity contribution in [2.24, 2.45) is 5.73 Å². The Morgan fingerprint density at radius 2 is 2.35 bits per heavy atom. The zero-order valence-electron chi connectivity index (χ0n) is 9.23. The summed E-state index contributed by atoms with van der Waals surface area (Å²) in [5.41, 5.74) is 7.04. The van der Waals surface area contributed by atoms with Gasteiger partial charge in [0, 0.05) is 10.9 Å². The highest BCUT2D eigenvalue weighted by atomic mass is 32.1. The average Bonchev–Trinajstić information content (AvgIpc) is 2.77. The summed E-state index contributed by atoms with van der Waals surface area (Å²) < 4.78 is 5.15. The summed E-state index contributed by atoms with van der Waals surface area (Å²) in [6.45, 7) is 0. The number of nitrogens with zero attached hydrogens (tertiary/aromatic N) is 1. The standard InChI is InChI=1S/C11H12N4OS/c1-16-8-4-2-3-7(5-8)9-6-17-11(14-9)15-10(12)13/h2-6H,1H3,(H4,12,13,14,15). The predicted molar refractivity (Wildman–Crippen MR) is 69.6 cm³/mol. The van der Waals surface area contributed by atoms with E-state index in [4.69, 9.17) is 15.9 Å². The van der Waals surface area contributed by atoms with Gasteiger partial charge in [-0.1, -0.05) is 12.1 Å². The van der Waals surface area contributed by atoms with Gasteiger partial charge in [-0.15, -0.1) is 11.3 Å². The zero-order valence-corrected chi connectivity index (χ0v) is 10.0. The number of nitrogens with one attached hydrogen (secondary N) is 2. The van der Waals surface area contributed by atoms with Crippen molar-refractivity contribution in [3.63, 3.8) is 0 Å². The van der Waals surface area contributed by atoms with Crippen molar-refractivity contribution in [3.8, 4) is 17.0 Å². The lowest BCUT2D eigenvalue weighted by atomic mass is 10.2. The number of aromatic nitrogens is 1. The second-order valence-electron chi connectivity index (χ2n) is 3.31. The molecule has 88 valence electrons. The van der Waals surface area contributed by atoms with Crippen molar-refractivity contribution in [1.29, 1.82) is 5.41 Å². The van der Waals surface area contributed by atoms with Gasteiger partial charge in [0.05, 0.1) is 12.8 Å². The molecule has 0 saturated carbocycles. The van der Waals surface area contributed by atoms with Crippen LogP contribution in [0, 0.1) is 5.41 Å². The molecule has 0 aliphatic rings. The molecule has 0 atom stereocenters. The van der Waals surface area contributed by atoms with E-state index in [9.17, 15) is 0 Å². The molecule has 0 aliphatic carbocycles. The largest absolute Gasteiger partial charge is 0.497 e. The first kappa shape index (κ1) is 11.4. The summed E-state index contributed by atoms with van der Waals surface area (Å²) in [5.74, 6) is 0.674. The predicted octanol–water partition coefficient (Wildman–Crippen LogP) is 2.12. The minimum absolute atomic E-state index is 0.114. The van der Waals surface area contributed by atoms with Crippen molar-refractivity contribution in [2.75, 3.05) is 12.4 Å². The van der Waals surface area contributed by atoms with Crippen molar-refractivity contribution in [2.45, 2.75) is 0 Å². The Morgan fingerprint density at radius 3 is 3.06 bits per heavy atom. The van der Waals surface area contributed by atoms with E-state index in [1.54, 1.807) is 7.11 Å². The third kappa shape index (κ3) is 2.73. The molecule has 5 nitrogen and oxygen atoms in total. The molecule has 0 amide bonds. The average molecular weight is 248 g/mol. The van der Waals surface area contributed by atoms with Crippen molar-refractivity contribution in [1.82, 2.24) is 4.98 Å². The first-order valence-electron chi connectivity index (χ1n) is 4.90. The Balaban J connectivity index is 2.26. The summed E-state index contributed by atoms with van der Waals surface area (Å²) in [6.07, 6.45) is 0. The molecule has 2 rings (SSSR count). The fourth-order valence-electron chi connectivity index (χ4n) is 1.36. The normalized spacial score (nSPS) is 9.94. The Labute approximate surface area is 103 Å². The zero-order chi connectivity index (χ0) is 12.3. The molecule has 4 N–H and O–H groups in total.